The van der Waals surface area contributed by atoms with Crippen LogP contribution in [-0.2, 0) is 0 Å². The fraction of sp³-hybridized carbons (Fsp3) is 0.261. The highest BCUT2D eigenvalue weighted by molar-refractivity contribution is 6.36. The van der Waals surface area contributed by atoms with Gasteiger partial charge in [-0.15, -0.1) is 0 Å². The highest BCUT2D eigenvalue weighted by atomic mass is 35.5. The van der Waals surface area contributed by atoms with Crippen molar-refractivity contribution in [2.75, 3.05) is 31.1 Å². The van der Waals surface area contributed by atoms with Gasteiger partial charge in [0.1, 0.15) is 17.3 Å². The molecule has 0 saturated carbocycles. The van der Waals surface area contributed by atoms with Crippen LogP contribution in [0.15, 0.2) is 42.7 Å². The van der Waals surface area contributed by atoms with Crippen LogP contribution in [0.4, 0.5) is 5.82 Å². The molecule has 0 radical (unpaired) electrons. The van der Waals surface area contributed by atoms with Gasteiger partial charge in [0.2, 0.25) is 0 Å². The Bertz CT molecular complexity index is 1290. The summed E-state index contributed by atoms with van der Waals surface area (Å²) >= 11 is 12.7. The van der Waals surface area contributed by atoms with Crippen molar-refractivity contribution in [3.63, 3.8) is 0 Å². The second kappa shape index (κ2) is 9.15. The first-order chi connectivity index (χ1) is 16.0. The molecule has 5 rings (SSSR count). The highest BCUT2D eigenvalue weighted by Crippen LogP contribution is 2.34. The fourth-order valence-electron chi connectivity index (χ4n) is 3.94. The molecule has 0 aliphatic carbocycles. The minimum atomic E-state index is -0.848. The van der Waals surface area contributed by atoms with Gasteiger partial charge >= 0.3 is 0 Å². The van der Waals surface area contributed by atoms with Crippen LogP contribution in [0.5, 0.6) is 5.75 Å². The minimum Gasteiger partial charge on any atom is -0.471 e. The molecule has 8 nitrogen and oxygen atoms in total. The van der Waals surface area contributed by atoms with Crippen LogP contribution in [0, 0.1) is 6.92 Å². The monoisotopic (exact) mass is 483 g/mol. The van der Waals surface area contributed by atoms with Gasteiger partial charge in [0.25, 0.3) is 0 Å². The molecule has 0 unspecified atom stereocenters. The third-order valence-electron chi connectivity index (χ3n) is 5.73. The first-order valence-corrected chi connectivity index (χ1v) is 11.4. The molecule has 10 heteroatoms. The van der Waals surface area contributed by atoms with Crippen LogP contribution >= 0.6 is 23.2 Å². The summed E-state index contributed by atoms with van der Waals surface area (Å²) in [5.74, 6) is 1.54. The van der Waals surface area contributed by atoms with Gasteiger partial charge < -0.3 is 15.0 Å². The van der Waals surface area contributed by atoms with Crippen molar-refractivity contribution in [3.8, 4) is 17.0 Å². The van der Waals surface area contributed by atoms with Gasteiger partial charge in [0, 0.05) is 55.1 Å². The maximum atomic E-state index is 6.38. The van der Waals surface area contributed by atoms with Crippen LogP contribution in [-0.4, -0.2) is 46.3 Å². The molecule has 1 atom stereocenters. The molecule has 4 aromatic rings. The molecule has 4 heterocycles. The van der Waals surface area contributed by atoms with E-state index >= 15 is 0 Å². The quantitative estimate of drug-likeness (QED) is 0.367. The Balaban J connectivity index is 1.42. The fourth-order valence-corrected chi connectivity index (χ4v) is 4.50. The first kappa shape index (κ1) is 21.9. The summed E-state index contributed by atoms with van der Waals surface area (Å²) in [5, 5.41) is 12.6. The van der Waals surface area contributed by atoms with Gasteiger partial charge in [0.15, 0.2) is 6.23 Å². The zero-order chi connectivity index (χ0) is 22.9. The topological polar surface area (TPSA) is 105 Å². The van der Waals surface area contributed by atoms with E-state index in [0.29, 0.717) is 27.1 Å². The zero-order valence-corrected chi connectivity index (χ0v) is 19.5. The standard InChI is InChI=1S/C23H23Cl2N7O/c1-13-21(25)20(17(24)12-28-13)23(26)33-15-3-4-18-16(10-15)22(31-30-18)14-2-5-19(29-11-14)32-8-6-27-7-9-32/h2-5,10-12,23,27H,6-9,26H2,1H3,(H,30,31)/t23-/m0/s1. The maximum absolute atomic E-state index is 6.38. The van der Waals surface area contributed by atoms with Crippen molar-refractivity contribution >= 4 is 39.9 Å². The minimum absolute atomic E-state index is 0.360. The Morgan fingerprint density at radius 3 is 2.67 bits per heavy atom. The molecule has 1 fully saturated rings. The first-order valence-electron chi connectivity index (χ1n) is 10.6. The second-order valence-corrected chi connectivity index (χ2v) is 8.66. The van der Waals surface area contributed by atoms with Crippen molar-refractivity contribution < 1.29 is 4.74 Å². The number of piperazine rings is 1. The van der Waals surface area contributed by atoms with Crippen LogP contribution < -0.4 is 20.7 Å². The number of hydrogen-bond donors (Lipinski definition) is 3. The van der Waals surface area contributed by atoms with E-state index in [0.717, 1.165) is 54.2 Å². The number of H-pyrrole nitrogens is 1. The Kier molecular flexibility index (Phi) is 6.07. The van der Waals surface area contributed by atoms with E-state index in [1.54, 1.807) is 6.92 Å². The molecular weight excluding hydrogens is 461 g/mol. The van der Waals surface area contributed by atoms with Crippen LogP contribution in [0.3, 0.4) is 0 Å². The summed E-state index contributed by atoms with van der Waals surface area (Å²) in [6.07, 6.45) is 2.53. The van der Waals surface area contributed by atoms with Crippen molar-refractivity contribution in [2.45, 2.75) is 13.2 Å². The number of nitrogens with zero attached hydrogens (tertiary/aromatic N) is 4. The van der Waals surface area contributed by atoms with Crippen LogP contribution in [0.25, 0.3) is 22.2 Å². The SMILES string of the molecule is Cc1ncc(Cl)c([C@@H](N)Oc2ccc3[nH]nc(-c4ccc(N5CCNCC5)nc4)c3c2)c1Cl. The number of aromatic nitrogens is 4. The van der Waals surface area contributed by atoms with Gasteiger partial charge in [-0.25, -0.2) is 4.98 Å². The van der Waals surface area contributed by atoms with Crippen molar-refractivity contribution in [2.24, 2.45) is 5.73 Å². The number of aryl methyl sites for hydroxylation is 1. The van der Waals surface area contributed by atoms with Gasteiger partial charge in [-0.2, -0.15) is 5.10 Å². The van der Waals surface area contributed by atoms with E-state index in [-0.39, 0.29) is 0 Å². The van der Waals surface area contributed by atoms with E-state index < -0.39 is 6.23 Å². The molecule has 1 aliphatic heterocycles. The second-order valence-electron chi connectivity index (χ2n) is 7.88. The average molecular weight is 484 g/mol. The highest BCUT2D eigenvalue weighted by Gasteiger charge is 2.19. The zero-order valence-electron chi connectivity index (χ0n) is 18.0. The summed E-state index contributed by atoms with van der Waals surface area (Å²) in [7, 11) is 0. The number of rotatable bonds is 5. The summed E-state index contributed by atoms with van der Waals surface area (Å²) in [5.41, 5.74) is 10.0. The number of aromatic amines is 1. The van der Waals surface area contributed by atoms with E-state index in [2.05, 4.69) is 30.4 Å². The van der Waals surface area contributed by atoms with Crippen LogP contribution in [0.1, 0.15) is 17.5 Å². The molecule has 1 aromatic carbocycles. The number of nitrogens with two attached hydrogens (primary N) is 1. The van der Waals surface area contributed by atoms with Crippen molar-refractivity contribution in [1.82, 2.24) is 25.5 Å². The summed E-state index contributed by atoms with van der Waals surface area (Å²) in [4.78, 5) is 11.1. The van der Waals surface area contributed by atoms with E-state index in [1.807, 2.05) is 36.5 Å². The molecule has 1 aliphatic rings. The number of nitrogens with one attached hydrogen (secondary N) is 2. The smallest absolute Gasteiger partial charge is 0.177 e. The number of fused-ring (bicyclic) bond motifs is 1. The predicted octanol–water partition coefficient (Wildman–Crippen LogP) is 4.08. The number of halogens is 2. The van der Waals surface area contributed by atoms with Gasteiger partial charge in [-0.3, -0.25) is 15.8 Å². The molecule has 0 bridgehead atoms. The molecule has 0 spiro atoms. The third-order valence-corrected chi connectivity index (χ3v) is 6.51. The third kappa shape index (κ3) is 4.35. The molecular formula is C23H23Cl2N7O. The number of hydrogen-bond acceptors (Lipinski definition) is 7. The Morgan fingerprint density at radius 2 is 1.91 bits per heavy atom. The van der Waals surface area contributed by atoms with E-state index in [9.17, 15) is 0 Å². The lowest BCUT2D eigenvalue weighted by molar-refractivity contribution is 0.214. The number of ether oxygens (including phenoxy) is 1. The Morgan fingerprint density at radius 1 is 1.09 bits per heavy atom. The predicted molar refractivity (Wildman–Crippen MR) is 131 cm³/mol. The Labute approximate surface area is 201 Å². The number of pyridine rings is 2. The molecule has 1 saturated heterocycles. The van der Waals surface area contributed by atoms with Crippen molar-refractivity contribution in [1.29, 1.82) is 0 Å². The molecule has 170 valence electrons. The molecule has 3 aromatic heterocycles. The summed E-state index contributed by atoms with van der Waals surface area (Å²) in [6.45, 7) is 5.62. The lowest BCUT2D eigenvalue weighted by Crippen LogP contribution is -2.43. The largest absolute Gasteiger partial charge is 0.471 e. The van der Waals surface area contributed by atoms with Gasteiger partial charge in [-0.1, -0.05) is 23.2 Å². The van der Waals surface area contributed by atoms with Crippen LogP contribution in [0.2, 0.25) is 10.0 Å². The summed E-state index contributed by atoms with van der Waals surface area (Å²) < 4.78 is 6.00. The molecule has 33 heavy (non-hydrogen) atoms. The molecule has 4 N–H and O–H groups in total. The Hall–Kier alpha value is -2.91. The maximum Gasteiger partial charge on any atom is 0.177 e. The lowest BCUT2D eigenvalue weighted by atomic mass is 10.1. The average Bonchev–Trinajstić information content (AvgIpc) is 3.26. The number of anilines is 1. The van der Waals surface area contributed by atoms with Gasteiger partial charge in [-0.05, 0) is 37.3 Å². The normalized spacial score (nSPS) is 15.1. The lowest BCUT2D eigenvalue weighted by Gasteiger charge is -2.28. The summed E-state index contributed by atoms with van der Waals surface area (Å²) in [6, 6.07) is 9.70. The van der Waals surface area contributed by atoms with E-state index in [1.165, 1.54) is 6.20 Å². The van der Waals surface area contributed by atoms with Gasteiger partial charge in [0.05, 0.1) is 21.3 Å². The molecule has 0 amide bonds. The van der Waals surface area contributed by atoms with E-state index in [4.69, 9.17) is 33.7 Å². The number of benzene rings is 1. The van der Waals surface area contributed by atoms with Crippen molar-refractivity contribution in [3.05, 3.63) is 64.0 Å².